The quantitative estimate of drug-likeness (QED) is 0.295. The molecule has 0 saturated carbocycles. The molecule has 2 aromatic rings. The normalized spacial score (nSPS) is 18.4. The lowest BCUT2D eigenvalue weighted by atomic mass is 10.0. The molecule has 1 heterocycles. The van der Waals surface area contributed by atoms with Crippen LogP contribution in [-0.4, -0.2) is 74.4 Å². The third kappa shape index (κ3) is 6.60. The molecule has 2 aromatic carbocycles. The van der Waals surface area contributed by atoms with Gasteiger partial charge in [0.25, 0.3) is 5.91 Å². The van der Waals surface area contributed by atoms with Crippen LogP contribution < -0.4 is 21.1 Å². The predicted molar refractivity (Wildman–Crippen MR) is 131 cm³/mol. The standard InChI is InChI=1S/C24H31ClN4O5/c1-33-21-12-19(26)18(25)11-17(21)23(30)28-20-7-9-29(14-22(20)34-2)10-8-27-13-15-3-5-16(6-4-15)24(31)32/h3-6,11-12,20,22,27H,7-10,13-14,26H2,1-2H3,(H,28,30)(H,31,32)/t20-,22+/m1/s1. The molecule has 1 aliphatic rings. The van der Waals surface area contributed by atoms with Crippen molar-refractivity contribution in [1.29, 1.82) is 0 Å². The minimum absolute atomic E-state index is 0.143. The molecule has 1 amide bonds. The van der Waals surface area contributed by atoms with Crippen LogP contribution in [0.1, 0.15) is 32.7 Å². The van der Waals surface area contributed by atoms with Crippen molar-refractivity contribution in [2.75, 3.05) is 46.1 Å². The minimum atomic E-state index is -0.928. The van der Waals surface area contributed by atoms with Crippen LogP contribution in [0.25, 0.3) is 0 Å². The summed E-state index contributed by atoms with van der Waals surface area (Å²) in [6, 6.07) is 9.76. The Bertz CT molecular complexity index is 1000. The average Bonchev–Trinajstić information content (AvgIpc) is 2.84. The minimum Gasteiger partial charge on any atom is -0.496 e. The number of ether oxygens (including phenoxy) is 2. The number of aromatic carboxylic acids is 1. The number of amides is 1. The van der Waals surface area contributed by atoms with E-state index >= 15 is 0 Å². The molecule has 0 bridgehead atoms. The first-order valence-electron chi connectivity index (χ1n) is 11.0. The molecule has 184 valence electrons. The van der Waals surface area contributed by atoms with Gasteiger partial charge in [-0.15, -0.1) is 0 Å². The van der Waals surface area contributed by atoms with Crippen molar-refractivity contribution >= 4 is 29.2 Å². The molecule has 0 spiro atoms. The van der Waals surface area contributed by atoms with Crippen LogP contribution in [0.5, 0.6) is 5.75 Å². The number of piperidine rings is 1. The largest absolute Gasteiger partial charge is 0.496 e. The number of carboxylic acid groups (broad SMARTS) is 1. The van der Waals surface area contributed by atoms with Crippen molar-refractivity contribution in [3.05, 3.63) is 58.1 Å². The Hall–Kier alpha value is -2.85. The number of likely N-dealkylation sites (tertiary alicyclic amines) is 1. The van der Waals surface area contributed by atoms with E-state index in [1.807, 2.05) is 12.1 Å². The van der Waals surface area contributed by atoms with Crippen molar-refractivity contribution in [3.8, 4) is 5.75 Å². The summed E-state index contributed by atoms with van der Waals surface area (Å²) >= 11 is 6.10. The number of carbonyl (C=O) groups excluding carboxylic acids is 1. The number of nitrogens with two attached hydrogens (primary N) is 1. The van der Waals surface area contributed by atoms with Gasteiger partial charge in [-0.05, 0) is 30.2 Å². The first-order chi connectivity index (χ1) is 16.3. The monoisotopic (exact) mass is 490 g/mol. The van der Waals surface area contributed by atoms with E-state index in [4.69, 9.17) is 31.9 Å². The maximum absolute atomic E-state index is 12.9. The number of halogens is 1. The Kier molecular flexibility index (Phi) is 9.12. The topological polar surface area (TPSA) is 126 Å². The Balaban J connectivity index is 1.47. The second-order valence-corrected chi connectivity index (χ2v) is 8.60. The number of rotatable bonds is 10. The fraction of sp³-hybridized carbons (Fsp3) is 0.417. The number of carbonyl (C=O) groups is 2. The van der Waals surface area contributed by atoms with Gasteiger partial charge in [-0.1, -0.05) is 23.7 Å². The van der Waals surface area contributed by atoms with Gasteiger partial charge in [0, 0.05) is 45.9 Å². The van der Waals surface area contributed by atoms with Crippen LogP contribution >= 0.6 is 11.6 Å². The zero-order valence-corrected chi connectivity index (χ0v) is 20.1. The molecule has 1 fully saturated rings. The van der Waals surface area contributed by atoms with E-state index in [1.54, 1.807) is 25.3 Å². The van der Waals surface area contributed by atoms with Gasteiger partial charge in [0.2, 0.25) is 0 Å². The smallest absolute Gasteiger partial charge is 0.335 e. The van der Waals surface area contributed by atoms with Crippen LogP contribution in [0.15, 0.2) is 36.4 Å². The molecule has 5 N–H and O–H groups in total. The first-order valence-corrected chi connectivity index (χ1v) is 11.4. The van der Waals surface area contributed by atoms with Gasteiger partial charge in [0.15, 0.2) is 0 Å². The Morgan fingerprint density at radius 2 is 1.97 bits per heavy atom. The Morgan fingerprint density at radius 3 is 2.62 bits per heavy atom. The van der Waals surface area contributed by atoms with E-state index in [9.17, 15) is 9.59 Å². The molecule has 2 atom stereocenters. The lowest BCUT2D eigenvalue weighted by Crippen LogP contribution is -2.55. The van der Waals surface area contributed by atoms with Gasteiger partial charge in [-0.2, -0.15) is 0 Å². The van der Waals surface area contributed by atoms with Crippen molar-refractivity contribution in [2.24, 2.45) is 0 Å². The molecule has 1 aliphatic heterocycles. The van der Waals surface area contributed by atoms with Crippen LogP contribution in [0.2, 0.25) is 5.02 Å². The molecule has 10 heteroatoms. The molecule has 34 heavy (non-hydrogen) atoms. The molecule has 0 aromatic heterocycles. The highest BCUT2D eigenvalue weighted by molar-refractivity contribution is 6.33. The third-order valence-corrected chi connectivity index (χ3v) is 6.29. The van der Waals surface area contributed by atoms with Gasteiger partial charge in [-0.25, -0.2) is 4.79 Å². The van der Waals surface area contributed by atoms with Crippen LogP contribution in [0.3, 0.4) is 0 Å². The van der Waals surface area contributed by atoms with Gasteiger partial charge < -0.3 is 30.9 Å². The second kappa shape index (κ2) is 12.0. The van der Waals surface area contributed by atoms with E-state index in [0.717, 1.165) is 31.6 Å². The molecule has 0 radical (unpaired) electrons. The molecule has 9 nitrogen and oxygen atoms in total. The van der Waals surface area contributed by atoms with E-state index in [2.05, 4.69) is 15.5 Å². The molecular weight excluding hydrogens is 460 g/mol. The zero-order valence-electron chi connectivity index (χ0n) is 19.3. The molecule has 3 rings (SSSR count). The molecule has 0 aliphatic carbocycles. The SMILES string of the molecule is COc1cc(N)c(Cl)cc1C(=O)N[C@@H]1CCN(CCNCc2ccc(C(=O)O)cc2)C[C@@H]1OC. The predicted octanol–water partition coefficient (Wildman–Crippen LogP) is 2.24. The number of benzene rings is 2. The highest BCUT2D eigenvalue weighted by Gasteiger charge is 2.31. The number of nitrogen functional groups attached to an aromatic ring is 1. The number of carboxylic acids is 1. The Labute approximate surface area is 204 Å². The average molecular weight is 491 g/mol. The highest BCUT2D eigenvalue weighted by Crippen LogP contribution is 2.29. The summed E-state index contributed by atoms with van der Waals surface area (Å²) in [6.45, 7) is 3.77. The maximum atomic E-state index is 12.9. The Morgan fingerprint density at radius 1 is 1.24 bits per heavy atom. The van der Waals surface area contributed by atoms with Crippen molar-refractivity contribution < 1.29 is 24.2 Å². The first kappa shape index (κ1) is 25.8. The van der Waals surface area contributed by atoms with Gasteiger partial charge in [0.05, 0.1) is 41.1 Å². The number of nitrogens with zero attached hydrogens (tertiary/aromatic N) is 1. The summed E-state index contributed by atoms with van der Waals surface area (Å²) in [4.78, 5) is 26.1. The van der Waals surface area contributed by atoms with Crippen molar-refractivity contribution in [3.63, 3.8) is 0 Å². The number of methoxy groups -OCH3 is 2. The fourth-order valence-electron chi connectivity index (χ4n) is 3.98. The highest BCUT2D eigenvalue weighted by atomic mass is 35.5. The summed E-state index contributed by atoms with van der Waals surface area (Å²) in [5.41, 5.74) is 7.80. The van der Waals surface area contributed by atoms with Crippen LogP contribution in [0.4, 0.5) is 5.69 Å². The third-order valence-electron chi connectivity index (χ3n) is 5.96. The summed E-state index contributed by atoms with van der Waals surface area (Å²) in [7, 11) is 3.13. The molecule has 0 unspecified atom stereocenters. The fourth-order valence-corrected chi connectivity index (χ4v) is 4.15. The lowest BCUT2D eigenvalue weighted by Gasteiger charge is -2.38. The number of hydrogen-bond acceptors (Lipinski definition) is 7. The number of hydrogen-bond donors (Lipinski definition) is 4. The maximum Gasteiger partial charge on any atom is 0.335 e. The van der Waals surface area contributed by atoms with Crippen LogP contribution in [0, 0.1) is 0 Å². The molecular formula is C24H31ClN4O5. The van der Waals surface area contributed by atoms with Gasteiger partial charge in [0.1, 0.15) is 5.75 Å². The van der Waals surface area contributed by atoms with E-state index in [-0.39, 0.29) is 23.6 Å². The van der Waals surface area contributed by atoms with Gasteiger partial charge >= 0.3 is 5.97 Å². The van der Waals surface area contributed by atoms with E-state index < -0.39 is 5.97 Å². The van der Waals surface area contributed by atoms with E-state index in [1.165, 1.54) is 13.2 Å². The van der Waals surface area contributed by atoms with Crippen molar-refractivity contribution in [2.45, 2.75) is 25.1 Å². The summed E-state index contributed by atoms with van der Waals surface area (Å²) in [6.07, 6.45) is 0.586. The zero-order chi connectivity index (χ0) is 24.7. The number of nitrogens with one attached hydrogen (secondary N) is 2. The van der Waals surface area contributed by atoms with Gasteiger partial charge in [-0.3, -0.25) is 9.69 Å². The van der Waals surface area contributed by atoms with Crippen LogP contribution in [-0.2, 0) is 11.3 Å². The van der Waals surface area contributed by atoms with E-state index in [0.29, 0.717) is 35.1 Å². The summed E-state index contributed by atoms with van der Waals surface area (Å²) < 4.78 is 11.0. The number of anilines is 1. The summed E-state index contributed by atoms with van der Waals surface area (Å²) in [5, 5.41) is 15.7. The van der Waals surface area contributed by atoms with Crippen molar-refractivity contribution in [1.82, 2.24) is 15.5 Å². The summed E-state index contributed by atoms with van der Waals surface area (Å²) in [5.74, 6) is -0.840. The molecule has 1 saturated heterocycles. The second-order valence-electron chi connectivity index (χ2n) is 8.20. The lowest BCUT2D eigenvalue weighted by molar-refractivity contribution is 0.00677.